The number of aromatic hydroxyl groups is 1. The highest BCUT2D eigenvalue weighted by molar-refractivity contribution is 5.96. The second-order valence-corrected chi connectivity index (χ2v) is 8.41. The molecule has 0 spiro atoms. The molecule has 5 atom stereocenters. The van der Waals surface area contributed by atoms with Crippen LogP contribution >= 0.6 is 0 Å². The number of ether oxygens (including phenoxy) is 3. The third kappa shape index (κ3) is 3.15. The van der Waals surface area contributed by atoms with Gasteiger partial charge in [0.2, 0.25) is 0 Å². The van der Waals surface area contributed by atoms with E-state index in [1.165, 1.54) is 6.07 Å². The monoisotopic (exact) mass is 374 g/mol. The highest BCUT2D eigenvalue weighted by Crippen LogP contribution is 2.48. The van der Waals surface area contributed by atoms with Crippen molar-refractivity contribution in [3.63, 3.8) is 0 Å². The standard InChI is InChI=1S/C21H26O6/c1-10(2)12-5-4-11(3)8-15(12)26-21(24)18-13(22)6-7-14-19(18)20-16(25-14)9-17(23)27-20/h6-7,10-12,15-16,20,22H,4-5,8-9H2,1-3H3/t11-,12+,15-,16+,20-/m1/s1. The maximum atomic E-state index is 13.1. The van der Waals surface area contributed by atoms with Gasteiger partial charge in [-0.1, -0.05) is 27.2 Å². The van der Waals surface area contributed by atoms with Crippen molar-refractivity contribution in [3.05, 3.63) is 23.3 Å². The lowest BCUT2D eigenvalue weighted by Gasteiger charge is -2.36. The number of fused-ring (bicyclic) bond motifs is 3. The van der Waals surface area contributed by atoms with E-state index in [9.17, 15) is 14.7 Å². The second-order valence-electron chi connectivity index (χ2n) is 8.41. The van der Waals surface area contributed by atoms with Gasteiger partial charge in [-0.15, -0.1) is 0 Å². The summed E-state index contributed by atoms with van der Waals surface area (Å²) in [5.74, 6) is 0.582. The molecule has 0 amide bonds. The zero-order chi connectivity index (χ0) is 19.3. The average molecular weight is 374 g/mol. The minimum atomic E-state index is -0.659. The minimum absolute atomic E-state index is 0.0652. The van der Waals surface area contributed by atoms with Gasteiger partial charge in [0.1, 0.15) is 23.2 Å². The first kappa shape index (κ1) is 18.1. The van der Waals surface area contributed by atoms with Gasteiger partial charge in [0.05, 0.1) is 12.0 Å². The van der Waals surface area contributed by atoms with Crippen LogP contribution in [-0.4, -0.2) is 29.3 Å². The third-order valence-corrected chi connectivity index (χ3v) is 6.13. The van der Waals surface area contributed by atoms with E-state index in [0.717, 1.165) is 19.3 Å². The second kappa shape index (κ2) is 6.73. The van der Waals surface area contributed by atoms with Crippen LogP contribution in [0.4, 0.5) is 0 Å². The molecule has 6 nitrogen and oxygen atoms in total. The molecule has 1 aromatic carbocycles. The number of rotatable bonds is 3. The topological polar surface area (TPSA) is 82.1 Å². The zero-order valence-corrected chi connectivity index (χ0v) is 15.9. The van der Waals surface area contributed by atoms with Crippen LogP contribution in [0.5, 0.6) is 11.5 Å². The molecule has 1 saturated carbocycles. The smallest absolute Gasteiger partial charge is 0.342 e. The number of phenols is 1. The summed E-state index contributed by atoms with van der Waals surface area (Å²) in [7, 11) is 0. The van der Waals surface area contributed by atoms with Crippen molar-refractivity contribution >= 4 is 11.9 Å². The molecule has 1 aromatic rings. The van der Waals surface area contributed by atoms with Crippen LogP contribution in [0.15, 0.2) is 12.1 Å². The largest absolute Gasteiger partial charge is 0.507 e. The number of esters is 2. The lowest BCUT2D eigenvalue weighted by atomic mass is 9.75. The summed E-state index contributed by atoms with van der Waals surface area (Å²) < 4.78 is 17.0. The van der Waals surface area contributed by atoms with Crippen molar-refractivity contribution < 1.29 is 28.9 Å². The molecule has 2 fully saturated rings. The molecule has 0 aromatic heterocycles. The van der Waals surface area contributed by atoms with Crippen LogP contribution in [0.3, 0.4) is 0 Å². The average Bonchev–Trinajstić information content (AvgIpc) is 3.10. The first-order valence-corrected chi connectivity index (χ1v) is 9.78. The summed E-state index contributed by atoms with van der Waals surface area (Å²) >= 11 is 0. The van der Waals surface area contributed by atoms with Gasteiger partial charge in [-0.3, -0.25) is 4.79 Å². The number of carbonyl (C=O) groups excluding carboxylic acids is 2. The van der Waals surface area contributed by atoms with Crippen LogP contribution in [0.1, 0.15) is 68.5 Å². The Morgan fingerprint density at radius 2 is 2.04 bits per heavy atom. The summed E-state index contributed by atoms with van der Waals surface area (Å²) in [6.45, 7) is 6.47. The Hall–Kier alpha value is -2.24. The van der Waals surface area contributed by atoms with E-state index in [0.29, 0.717) is 29.1 Å². The molecular weight excluding hydrogens is 348 g/mol. The van der Waals surface area contributed by atoms with E-state index in [4.69, 9.17) is 14.2 Å². The molecule has 146 valence electrons. The Labute approximate surface area is 158 Å². The fourth-order valence-electron chi connectivity index (χ4n) is 4.68. The number of carbonyl (C=O) groups is 2. The molecule has 0 bridgehead atoms. The Balaban J connectivity index is 1.63. The van der Waals surface area contributed by atoms with Crippen LogP contribution < -0.4 is 4.74 Å². The predicted octanol–water partition coefficient (Wildman–Crippen LogP) is 3.76. The number of hydrogen-bond donors (Lipinski definition) is 1. The zero-order valence-electron chi connectivity index (χ0n) is 15.9. The summed E-state index contributed by atoms with van der Waals surface area (Å²) in [6.07, 6.45) is 1.84. The number of phenolic OH excluding ortho intramolecular Hbond substituents is 1. The molecule has 0 unspecified atom stereocenters. The SMILES string of the molecule is CC(C)[C@@H]1CC[C@@H](C)C[C@H]1OC(=O)c1c(O)ccc2c1[C@@H]1OC(=O)C[C@@H]1O2. The van der Waals surface area contributed by atoms with Gasteiger partial charge < -0.3 is 19.3 Å². The predicted molar refractivity (Wildman–Crippen MR) is 96.5 cm³/mol. The van der Waals surface area contributed by atoms with E-state index < -0.39 is 18.2 Å². The number of benzene rings is 1. The molecule has 27 heavy (non-hydrogen) atoms. The van der Waals surface area contributed by atoms with Gasteiger partial charge in [-0.05, 0) is 42.7 Å². The first-order valence-electron chi connectivity index (χ1n) is 9.78. The minimum Gasteiger partial charge on any atom is -0.507 e. The van der Waals surface area contributed by atoms with Gasteiger partial charge in [-0.25, -0.2) is 4.79 Å². The van der Waals surface area contributed by atoms with Gasteiger partial charge in [0.15, 0.2) is 12.2 Å². The van der Waals surface area contributed by atoms with E-state index in [1.807, 2.05) is 0 Å². The maximum absolute atomic E-state index is 13.1. The van der Waals surface area contributed by atoms with Crippen molar-refractivity contribution in [1.29, 1.82) is 0 Å². The summed E-state index contributed by atoms with van der Waals surface area (Å²) in [5, 5.41) is 10.4. The fourth-order valence-corrected chi connectivity index (χ4v) is 4.68. The molecule has 1 saturated heterocycles. The van der Waals surface area contributed by atoms with E-state index >= 15 is 0 Å². The van der Waals surface area contributed by atoms with Gasteiger partial charge >= 0.3 is 11.9 Å². The van der Waals surface area contributed by atoms with Crippen molar-refractivity contribution in [2.45, 2.75) is 64.8 Å². The van der Waals surface area contributed by atoms with E-state index in [2.05, 4.69) is 20.8 Å². The van der Waals surface area contributed by atoms with Crippen molar-refractivity contribution in [2.75, 3.05) is 0 Å². The Kier molecular flexibility index (Phi) is 4.52. The molecule has 3 aliphatic rings. The summed E-state index contributed by atoms with van der Waals surface area (Å²) in [4.78, 5) is 24.7. The molecule has 1 N–H and O–H groups in total. The highest BCUT2D eigenvalue weighted by atomic mass is 16.6. The van der Waals surface area contributed by atoms with Gasteiger partial charge in [-0.2, -0.15) is 0 Å². The van der Waals surface area contributed by atoms with Gasteiger partial charge in [0, 0.05) is 0 Å². The Bertz CT molecular complexity index is 770. The third-order valence-electron chi connectivity index (χ3n) is 6.13. The summed E-state index contributed by atoms with van der Waals surface area (Å²) in [5.41, 5.74) is 0.497. The molecule has 4 rings (SSSR count). The van der Waals surface area contributed by atoms with Crippen LogP contribution in [-0.2, 0) is 14.3 Å². The summed E-state index contributed by atoms with van der Waals surface area (Å²) in [6, 6.07) is 3.04. The molecule has 2 heterocycles. The van der Waals surface area contributed by atoms with Crippen molar-refractivity contribution in [3.8, 4) is 11.5 Å². The van der Waals surface area contributed by atoms with Crippen molar-refractivity contribution in [2.24, 2.45) is 17.8 Å². The fraction of sp³-hybridized carbons (Fsp3) is 0.619. The molecule has 2 aliphatic heterocycles. The quantitative estimate of drug-likeness (QED) is 0.811. The highest BCUT2D eigenvalue weighted by Gasteiger charge is 2.48. The molecule has 6 heteroatoms. The van der Waals surface area contributed by atoms with Crippen LogP contribution in [0.25, 0.3) is 0 Å². The van der Waals surface area contributed by atoms with Crippen LogP contribution in [0.2, 0.25) is 0 Å². The van der Waals surface area contributed by atoms with E-state index in [-0.39, 0.29) is 29.8 Å². The molecule has 0 radical (unpaired) electrons. The maximum Gasteiger partial charge on any atom is 0.342 e. The Morgan fingerprint density at radius 3 is 2.78 bits per heavy atom. The normalized spacial score (nSPS) is 31.9. The Morgan fingerprint density at radius 1 is 1.26 bits per heavy atom. The molecular formula is C21H26O6. The van der Waals surface area contributed by atoms with Crippen molar-refractivity contribution in [1.82, 2.24) is 0 Å². The lowest BCUT2D eigenvalue weighted by molar-refractivity contribution is -0.141. The van der Waals surface area contributed by atoms with E-state index in [1.54, 1.807) is 6.07 Å². The van der Waals surface area contributed by atoms with Crippen LogP contribution in [0, 0.1) is 17.8 Å². The lowest BCUT2D eigenvalue weighted by Crippen LogP contribution is -2.36. The first-order chi connectivity index (χ1) is 12.8. The number of hydrogen-bond acceptors (Lipinski definition) is 6. The molecule has 1 aliphatic carbocycles. The van der Waals surface area contributed by atoms with Gasteiger partial charge in [0.25, 0.3) is 0 Å².